The Morgan fingerprint density at radius 3 is 2.61 bits per heavy atom. The highest BCUT2D eigenvalue weighted by Crippen LogP contribution is 2.40. The van der Waals surface area contributed by atoms with Crippen molar-refractivity contribution in [1.82, 2.24) is 29.7 Å². The van der Waals surface area contributed by atoms with Crippen LogP contribution in [0.2, 0.25) is 0 Å². The average molecular weight is 512 g/mol. The summed E-state index contributed by atoms with van der Waals surface area (Å²) >= 11 is 0. The Labute approximate surface area is 220 Å². The Bertz CT molecular complexity index is 1580. The Hall–Kier alpha value is -3.77. The van der Waals surface area contributed by atoms with Crippen LogP contribution in [0.3, 0.4) is 0 Å². The summed E-state index contributed by atoms with van der Waals surface area (Å²) in [5.41, 5.74) is 4.06. The molecule has 1 aliphatic carbocycles. The van der Waals surface area contributed by atoms with Crippen LogP contribution in [0.25, 0.3) is 22.4 Å². The molecule has 1 aromatic carbocycles. The van der Waals surface area contributed by atoms with Gasteiger partial charge in [0.1, 0.15) is 22.9 Å². The lowest BCUT2D eigenvalue weighted by molar-refractivity contribution is 0.00396. The Morgan fingerprint density at radius 2 is 1.87 bits per heavy atom. The number of rotatable bonds is 5. The molecule has 0 radical (unpaired) electrons. The smallest absolute Gasteiger partial charge is 0.182 e. The zero-order valence-corrected chi connectivity index (χ0v) is 22.1. The largest absolute Gasteiger partial charge is 0.373 e. The molecule has 0 N–H and O–H groups in total. The van der Waals surface area contributed by atoms with Gasteiger partial charge in [0, 0.05) is 29.8 Å². The van der Waals surface area contributed by atoms with Crippen molar-refractivity contribution in [2.24, 2.45) is 0 Å². The van der Waals surface area contributed by atoms with Crippen molar-refractivity contribution < 1.29 is 9.13 Å². The third kappa shape index (κ3) is 4.43. The number of ether oxygens (including phenoxy) is 1. The van der Waals surface area contributed by atoms with Crippen molar-refractivity contribution in [3.8, 4) is 17.3 Å². The number of benzene rings is 1. The molecule has 9 heteroatoms. The third-order valence-electron chi connectivity index (χ3n) is 7.75. The molecule has 4 heterocycles. The summed E-state index contributed by atoms with van der Waals surface area (Å²) in [4.78, 5) is 19.2. The molecule has 3 aromatic heterocycles. The highest BCUT2D eigenvalue weighted by Gasteiger charge is 2.31. The molecule has 0 amide bonds. The summed E-state index contributed by atoms with van der Waals surface area (Å²) in [7, 11) is 0. The second-order valence-electron chi connectivity index (χ2n) is 11.0. The molecule has 8 nitrogen and oxygen atoms in total. The minimum absolute atomic E-state index is 0.0180. The predicted molar refractivity (Wildman–Crippen MR) is 140 cm³/mol. The molecule has 0 bridgehead atoms. The van der Waals surface area contributed by atoms with Gasteiger partial charge in [-0.25, -0.2) is 24.3 Å². The van der Waals surface area contributed by atoms with E-state index < -0.39 is 11.2 Å². The monoisotopic (exact) mass is 511 g/mol. The molecule has 4 aromatic rings. The SMILES string of the molecule is Cc1nc2nc(C3CCOC(c4cnn(C5CC5)c4)C3)nc(-c3ccc(C(C)(C)C#N)cc3F)c2nc1C. The van der Waals surface area contributed by atoms with Gasteiger partial charge in [0.15, 0.2) is 5.65 Å². The molecule has 1 saturated carbocycles. The van der Waals surface area contributed by atoms with Gasteiger partial charge in [0.25, 0.3) is 0 Å². The highest BCUT2D eigenvalue weighted by atomic mass is 19.1. The minimum atomic E-state index is -0.809. The second kappa shape index (κ2) is 9.21. The standard InChI is InChI=1S/C29H30FN7O/c1-16-17(2)34-28-26(33-16)25(22-8-5-20(12-23(22)30)29(3,4)15-31)35-27(36-28)18-9-10-38-24(11-18)19-13-32-37(14-19)21-6-7-21/h5,8,12-14,18,21,24H,6-7,9-11H2,1-4H3. The summed E-state index contributed by atoms with van der Waals surface area (Å²) in [5, 5.41) is 14.0. The van der Waals surface area contributed by atoms with Crippen molar-refractivity contribution in [1.29, 1.82) is 5.26 Å². The van der Waals surface area contributed by atoms with E-state index in [1.165, 1.54) is 18.9 Å². The van der Waals surface area contributed by atoms with Crippen LogP contribution in [0, 0.1) is 31.0 Å². The molecular weight excluding hydrogens is 481 g/mol. The second-order valence-corrected chi connectivity index (χ2v) is 11.0. The number of nitrogens with zero attached hydrogens (tertiary/aromatic N) is 7. The van der Waals surface area contributed by atoms with Crippen LogP contribution in [0.15, 0.2) is 30.6 Å². The average Bonchev–Trinajstić information content (AvgIpc) is 3.65. The van der Waals surface area contributed by atoms with E-state index in [0.717, 1.165) is 23.4 Å². The zero-order chi connectivity index (χ0) is 26.6. The fourth-order valence-electron chi connectivity index (χ4n) is 4.98. The number of nitriles is 1. The molecule has 2 aliphatic rings. The molecule has 194 valence electrons. The first-order chi connectivity index (χ1) is 18.2. The van der Waals surface area contributed by atoms with Crippen molar-refractivity contribution in [3.05, 3.63) is 64.7 Å². The van der Waals surface area contributed by atoms with E-state index in [9.17, 15) is 5.26 Å². The van der Waals surface area contributed by atoms with E-state index in [0.29, 0.717) is 52.9 Å². The number of aryl methyl sites for hydroxylation is 2. The molecule has 38 heavy (non-hydrogen) atoms. The van der Waals surface area contributed by atoms with Crippen molar-refractivity contribution in [2.45, 2.75) is 76.9 Å². The van der Waals surface area contributed by atoms with Crippen LogP contribution in [0.4, 0.5) is 4.39 Å². The number of fused-ring (bicyclic) bond motifs is 1. The van der Waals surface area contributed by atoms with E-state index in [1.807, 2.05) is 24.7 Å². The lowest BCUT2D eigenvalue weighted by atomic mass is 9.85. The van der Waals surface area contributed by atoms with Crippen LogP contribution in [0.1, 0.15) is 85.9 Å². The zero-order valence-electron chi connectivity index (χ0n) is 22.1. The van der Waals surface area contributed by atoms with Crippen molar-refractivity contribution in [3.63, 3.8) is 0 Å². The van der Waals surface area contributed by atoms with Gasteiger partial charge >= 0.3 is 0 Å². The van der Waals surface area contributed by atoms with E-state index in [4.69, 9.17) is 24.7 Å². The maximum atomic E-state index is 15.6. The summed E-state index contributed by atoms with van der Waals surface area (Å²) in [5.74, 6) is 0.187. The van der Waals surface area contributed by atoms with Crippen molar-refractivity contribution >= 4 is 11.2 Å². The Kier molecular flexibility index (Phi) is 5.95. The van der Waals surface area contributed by atoms with Gasteiger partial charge in [-0.05, 0) is 71.1 Å². The third-order valence-corrected chi connectivity index (χ3v) is 7.75. The fourth-order valence-corrected chi connectivity index (χ4v) is 4.98. The van der Waals surface area contributed by atoms with E-state index >= 15 is 4.39 Å². The maximum absolute atomic E-state index is 15.6. The summed E-state index contributed by atoms with van der Waals surface area (Å²) < 4.78 is 23.7. The number of hydrogen-bond donors (Lipinski definition) is 0. The molecule has 2 unspecified atom stereocenters. The van der Waals surface area contributed by atoms with E-state index in [2.05, 4.69) is 17.4 Å². The van der Waals surface area contributed by atoms with Gasteiger partial charge in [-0.1, -0.05) is 6.07 Å². The first kappa shape index (κ1) is 24.6. The minimum Gasteiger partial charge on any atom is -0.373 e. The summed E-state index contributed by atoms with van der Waals surface area (Å²) in [6.45, 7) is 7.88. The quantitative estimate of drug-likeness (QED) is 0.333. The van der Waals surface area contributed by atoms with Gasteiger partial charge in [-0.3, -0.25) is 4.68 Å². The lowest BCUT2D eigenvalue weighted by Crippen LogP contribution is -2.20. The van der Waals surface area contributed by atoms with Crippen LogP contribution in [-0.4, -0.2) is 36.3 Å². The van der Waals surface area contributed by atoms with Gasteiger partial charge in [0.05, 0.1) is 41.2 Å². The first-order valence-corrected chi connectivity index (χ1v) is 13.1. The summed E-state index contributed by atoms with van der Waals surface area (Å²) in [6.07, 6.45) is 7.71. The van der Waals surface area contributed by atoms with Crippen molar-refractivity contribution in [2.75, 3.05) is 6.61 Å². The molecule has 6 rings (SSSR count). The van der Waals surface area contributed by atoms with Crippen LogP contribution >= 0.6 is 0 Å². The predicted octanol–water partition coefficient (Wildman–Crippen LogP) is 5.81. The van der Waals surface area contributed by atoms with Crippen LogP contribution < -0.4 is 0 Å². The topological polar surface area (TPSA) is 102 Å². The molecule has 0 spiro atoms. The number of halogens is 1. The molecule has 2 fully saturated rings. The number of hydrogen-bond acceptors (Lipinski definition) is 7. The molecule has 1 aliphatic heterocycles. The van der Waals surface area contributed by atoms with E-state index in [1.54, 1.807) is 26.0 Å². The molecule has 2 atom stereocenters. The van der Waals surface area contributed by atoms with Crippen LogP contribution in [0.5, 0.6) is 0 Å². The first-order valence-electron chi connectivity index (χ1n) is 13.1. The molecule has 1 saturated heterocycles. The highest BCUT2D eigenvalue weighted by molar-refractivity contribution is 5.87. The van der Waals surface area contributed by atoms with Crippen LogP contribution in [-0.2, 0) is 10.2 Å². The Morgan fingerprint density at radius 1 is 1.08 bits per heavy atom. The maximum Gasteiger partial charge on any atom is 0.182 e. The fraction of sp³-hybridized carbons (Fsp3) is 0.448. The number of aromatic nitrogens is 6. The van der Waals surface area contributed by atoms with Gasteiger partial charge in [0.2, 0.25) is 0 Å². The van der Waals surface area contributed by atoms with E-state index in [-0.39, 0.29) is 12.0 Å². The normalized spacial score (nSPS) is 20.0. The lowest BCUT2D eigenvalue weighted by Gasteiger charge is -2.28. The van der Waals surface area contributed by atoms with Gasteiger partial charge < -0.3 is 4.74 Å². The summed E-state index contributed by atoms with van der Waals surface area (Å²) in [6, 6.07) is 7.64. The van der Waals surface area contributed by atoms with Gasteiger partial charge in [-0.15, -0.1) is 0 Å². The molecular formula is C29H30FN7O. The van der Waals surface area contributed by atoms with Gasteiger partial charge in [-0.2, -0.15) is 10.4 Å². The Balaban J connectivity index is 1.41.